The van der Waals surface area contributed by atoms with E-state index in [2.05, 4.69) is 21.7 Å². The molecule has 3 aromatic rings. The number of fused-ring (bicyclic) bond motifs is 1. The molecule has 0 atom stereocenters. The van der Waals surface area contributed by atoms with Gasteiger partial charge in [0.05, 0.1) is 12.6 Å². The minimum absolute atomic E-state index is 0.0212. The van der Waals surface area contributed by atoms with Crippen LogP contribution in [0.25, 0.3) is 10.9 Å². The molecule has 126 valence electrons. The molecule has 3 rings (SSSR count). The van der Waals surface area contributed by atoms with Gasteiger partial charge in [-0.15, -0.1) is 0 Å². The molecule has 0 bridgehead atoms. The van der Waals surface area contributed by atoms with Crippen LogP contribution in [0.3, 0.4) is 0 Å². The third-order valence-electron chi connectivity index (χ3n) is 3.86. The number of nitrogens with zero attached hydrogens (tertiary/aromatic N) is 2. The Labute approximate surface area is 139 Å². The highest BCUT2D eigenvalue weighted by atomic mass is 32.2. The lowest BCUT2D eigenvalue weighted by atomic mass is 10.1. The highest BCUT2D eigenvalue weighted by Gasteiger charge is 2.20. The van der Waals surface area contributed by atoms with Gasteiger partial charge in [0.15, 0.2) is 0 Å². The number of sulfonamides is 1. The number of amides is 1. The van der Waals surface area contributed by atoms with Gasteiger partial charge in [0, 0.05) is 30.3 Å². The Bertz CT molecular complexity index is 1000. The van der Waals surface area contributed by atoms with Gasteiger partial charge in [-0.25, -0.2) is 13.1 Å². The van der Waals surface area contributed by atoms with Crippen molar-refractivity contribution >= 4 is 26.8 Å². The molecule has 0 fully saturated rings. The smallest absolute Gasteiger partial charge is 0.267 e. The summed E-state index contributed by atoms with van der Waals surface area (Å²) >= 11 is 0. The lowest BCUT2D eigenvalue weighted by molar-refractivity contribution is -0.118. The topological polar surface area (TPSA) is 96.8 Å². The van der Waals surface area contributed by atoms with Gasteiger partial charge in [-0.1, -0.05) is 25.1 Å². The summed E-state index contributed by atoms with van der Waals surface area (Å²) in [7, 11) is -2.29. The van der Waals surface area contributed by atoms with Crippen LogP contribution in [0.2, 0.25) is 0 Å². The Morgan fingerprint density at radius 1 is 1.33 bits per heavy atom. The Morgan fingerprint density at radius 3 is 2.79 bits per heavy atom. The van der Waals surface area contributed by atoms with E-state index in [9.17, 15) is 13.2 Å². The highest BCUT2D eigenvalue weighted by Crippen LogP contribution is 2.22. The van der Waals surface area contributed by atoms with E-state index in [1.54, 1.807) is 13.2 Å². The molecule has 1 amide bonds. The van der Waals surface area contributed by atoms with Gasteiger partial charge in [0.2, 0.25) is 5.91 Å². The van der Waals surface area contributed by atoms with Crippen LogP contribution >= 0.6 is 0 Å². The Balaban J connectivity index is 1.81. The molecule has 2 heterocycles. The molecule has 0 spiro atoms. The molecule has 2 N–H and O–H groups in total. The molecule has 0 saturated heterocycles. The number of nitrogens with one attached hydrogen (secondary N) is 2. The Kier molecular flexibility index (Phi) is 4.15. The minimum atomic E-state index is -3.90. The van der Waals surface area contributed by atoms with Crippen molar-refractivity contribution in [2.45, 2.75) is 24.7 Å². The van der Waals surface area contributed by atoms with Gasteiger partial charge in [-0.2, -0.15) is 5.10 Å². The fourth-order valence-electron chi connectivity index (χ4n) is 2.67. The van der Waals surface area contributed by atoms with E-state index in [-0.39, 0.29) is 11.3 Å². The predicted octanol–water partition coefficient (Wildman–Crippen LogP) is 1.51. The van der Waals surface area contributed by atoms with Crippen LogP contribution in [0, 0.1) is 0 Å². The number of aryl methyl sites for hydroxylation is 2. The number of para-hydroxylation sites is 1. The maximum atomic E-state index is 12.2. The number of carbonyl (C=O) groups is 1. The molecule has 2 aromatic heterocycles. The van der Waals surface area contributed by atoms with Gasteiger partial charge >= 0.3 is 0 Å². The van der Waals surface area contributed by atoms with Gasteiger partial charge in [0.25, 0.3) is 10.0 Å². The van der Waals surface area contributed by atoms with E-state index in [0.717, 1.165) is 28.5 Å². The highest BCUT2D eigenvalue weighted by molar-refractivity contribution is 7.90. The summed E-state index contributed by atoms with van der Waals surface area (Å²) < 4.78 is 27.8. The van der Waals surface area contributed by atoms with Crippen molar-refractivity contribution in [1.29, 1.82) is 0 Å². The summed E-state index contributed by atoms with van der Waals surface area (Å²) in [6.07, 6.45) is 5.15. The number of hydrogen-bond donors (Lipinski definition) is 2. The number of aromatic amines is 1. The lowest BCUT2D eigenvalue weighted by Crippen LogP contribution is -2.31. The first kappa shape index (κ1) is 16.3. The van der Waals surface area contributed by atoms with Crippen molar-refractivity contribution in [1.82, 2.24) is 19.5 Å². The first-order chi connectivity index (χ1) is 11.4. The summed E-state index contributed by atoms with van der Waals surface area (Å²) in [6.45, 7) is 2.06. The normalized spacial score (nSPS) is 11.8. The van der Waals surface area contributed by atoms with Crippen LogP contribution in [0.15, 0.2) is 41.7 Å². The largest absolute Gasteiger partial charge is 0.361 e. The molecule has 0 aliphatic heterocycles. The predicted molar refractivity (Wildman–Crippen MR) is 89.9 cm³/mol. The van der Waals surface area contributed by atoms with Gasteiger partial charge < -0.3 is 4.98 Å². The summed E-state index contributed by atoms with van der Waals surface area (Å²) in [5, 5.41) is 4.74. The molecule has 0 radical (unpaired) electrons. The van der Waals surface area contributed by atoms with Crippen molar-refractivity contribution < 1.29 is 13.2 Å². The third-order valence-corrected chi connectivity index (χ3v) is 5.19. The fourth-order valence-corrected chi connectivity index (χ4v) is 3.64. The lowest BCUT2D eigenvalue weighted by Gasteiger charge is -2.05. The number of aromatic nitrogens is 3. The first-order valence-corrected chi connectivity index (χ1v) is 9.01. The third kappa shape index (κ3) is 3.05. The van der Waals surface area contributed by atoms with Gasteiger partial charge in [0.1, 0.15) is 4.90 Å². The maximum Gasteiger partial charge on any atom is 0.267 e. The number of benzene rings is 1. The van der Waals surface area contributed by atoms with E-state index >= 15 is 0 Å². The summed E-state index contributed by atoms with van der Waals surface area (Å²) in [6, 6.07) is 5.88. The van der Waals surface area contributed by atoms with E-state index in [1.807, 2.05) is 18.2 Å². The van der Waals surface area contributed by atoms with E-state index < -0.39 is 15.9 Å². The second kappa shape index (κ2) is 6.12. The quantitative estimate of drug-likeness (QED) is 0.732. The number of rotatable bonds is 5. The molecular formula is C16H18N4O3S. The zero-order chi connectivity index (χ0) is 17.3. The zero-order valence-electron chi connectivity index (χ0n) is 13.4. The summed E-state index contributed by atoms with van der Waals surface area (Å²) in [5.74, 6) is -0.582. The molecule has 1 aromatic carbocycles. The Hall–Kier alpha value is -2.61. The molecule has 7 nitrogen and oxygen atoms in total. The average Bonchev–Trinajstić information content (AvgIpc) is 3.14. The van der Waals surface area contributed by atoms with Crippen LogP contribution in [-0.4, -0.2) is 29.1 Å². The maximum absolute atomic E-state index is 12.2. The van der Waals surface area contributed by atoms with Crippen molar-refractivity contribution in [3.8, 4) is 0 Å². The number of carbonyl (C=O) groups excluding carboxylic acids is 1. The molecular weight excluding hydrogens is 328 g/mol. The van der Waals surface area contributed by atoms with E-state index in [4.69, 9.17) is 0 Å². The minimum Gasteiger partial charge on any atom is -0.361 e. The number of hydrogen-bond acceptors (Lipinski definition) is 4. The second-order valence-electron chi connectivity index (χ2n) is 5.56. The van der Waals surface area contributed by atoms with Crippen LogP contribution in [0.4, 0.5) is 0 Å². The average molecular weight is 346 g/mol. The summed E-state index contributed by atoms with van der Waals surface area (Å²) in [4.78, 5) is 15.3. The van der Waals surface area contributed by atoms with Gasteiger partial charge in [-0.3, -0.25) is 9.48 Å². The van der Waals surface area contributed by atoms with Crippen molar-refractivity contribution in [2.75, 3.05) is 0 Å². The Morgan fingerprint density at radius 2 is 2.12 bits per heavy atom. The molecule has 0 unspecified atom stereocenters. The fraction of sp³-hybridized carbons (Fsp3) is 0.250. The zero-order valence-corrected chi connectivity index (χ0v) is 14.2. The second-order valence-corrected chi connectivity index (χ2v) is 7.24. The number of H-pyrrole nitrogens is 1. The van der Waals surface area contributed by atoms with Crippen LogP contribution in [-0.2, 0) is 34.7 Å². The first-order valence-electron chi connectivity index (χ1n) is 7.53. The van der Waals surface area contributed by atoms with Gasteiger partial charge in [-0.05, 0) is 17.5 Å². The molecule has 24 heavy (non-hydrogen) atoms. The summed E-state index contributed by atoms with van der Waals surface area (Å²) in [5.41, 5.74) is 2.90. The molecule has 0 aliphatic rings. The molecule has 0 aliphatic carbocycles. The van der Waals surface area contributed by atoms with Crippen molar-refractivity contribution in [3.05, 3.63) is 47.9 Å². The molecule has 8 heteroatoms. The SMILES string of the molecule is CCc1cccc2c(CC(=O)NS(=O)(=O)c3cnn(C)c3)c[nH]c12. The van der Waals surface area contributed by atoms with Crippen LogP contribution in [0.5, 0.6) is 0 Å². The van der Waals surface area contributed by atoms with E-state index in [0.29, 0.717) is 0 Å². The molecule has 0 saturated carbocycles. The standard InChI is InChI=1S/C16H18N4O3S/c1-3-11-5-4-6-14-12(8-17-16(11)14)7-15(21)19-24(22,23)13-9-18-20(2)10-13/h4-6,8-10,17H,3,7H2,1-2H3,(H,19,21). The van der Waals surface area contributed by atoms with E-state index in [1.165, 1.54) is 17.1 Å². The monoisotopic (exact) mass is 346 g/mol. The van der Waals surface area contributed by atoms with Crippen LogP contribution < -0.4 is 4.72 Å². The van der Waals surface area contributed by atoms with Crippen molar-refractivity contribution in [3.63, 3.8) is 0 Å². The van der Waals surface area contributed by atoms with Crippen LogP contribution in [0.1, 0.15) is 18.1 Å². The van der Waals surface area contributed by atoms with Crippen molar-refractivity contribution in [2.24, 2.45) is 7.05 Å².